The molecule has 3 aromatic carbocycles. The van der Waals surface area contributed by atoms with Gasteiger partial charge in [0.15, 0.2) is 0 Å². The number of carbonyl (C=O) groups excluding carboxylic acids is 3. The van der Waals surface area contributed by atoms with Gasteiger partial charge in [-0.05, 0) is 30.5 Å². The maximum atomic E-state index is 13.9. The number of rotatable bonds is 11. The molecule has 0 saturated heterocycles. The van der Waals surface area contributed by atoms with E-state index in [1.165, 1.54) is 24.3 Å². The van der Waals surface area contributed by atoms with Crippen LogP contribution in [0.2, 0.25) is 0 Å². The van der Waals surface area contributed by atoms with Crippen molar-refractivity contribution in [1.29, 1.82) is 0 Å². The van der Waals surface area contributed by atoms with Crippen LogP contribution in [0.3, 0.4) is 0 Å². The van der Waals surface area contributed by atoms with E-state index in [1.807, 2.05) is 60.7 Å². The number of nitro groups is 1. The van der Waals surface area contributed by atoms with Crippen molar-refractivity contribution in [1.82, 2.24) is 5.32 Å². The molecule has 9 heteroatoms. The maximum absolute atomic E-state index is 13.9. The molecule has 3 rings (SSSR count). The normalized spacial score (nSPS) is 12.7. The monoisotopic (exact) mass is 503 g/mol. The lowest BCUT2D eigenvalue weighted by atomic mass is 9.75. The summed E-state index contributed by atoms with van der Waals surface area (Å²) >= 11 is 0. The Kier molecular flexibility index (Phi) is 8.73. The Labute approximate surface area is 214 Å². The highest BCUT2D eigenvalue weighted by atomic mass is 16.6. The first-order chi connectivity index (χ1) is 17.7. The Bertz CT molecular complexity index is 1210. The molecule has 0 fully saturated rings. The fourth-order valence-electron chi connectivity index (χ4n) is 4.30. The van der Waals surface area contributed by atoms with Gasteiger partial charge in [0.2, 0.25) is 11.8 Å². The number of benzene rings is 3. The van der Waals surface area contributed by atoms with Gasteiger partial charge in [-0.15, -0.1) is 0 Å². The Morgan fingerprint density at radius 3 is 1.89 bits per heavy atom. The third-order valence-corrected chi connectivity index (χ3v) is 6.38. The van der Waals surface area contributed by atoms with Crippen LogP contribution >= 0.6 is 0 Å². The highest BCUT2D eigenvalue weighted by Gasteiger charge is 2.41. The molecule has 9 nitrogen and oxygen atoms in total. The van der Waals surface area contributed by atoms with Crippen molar-refractivity contribution < 1.29 is 24.0 Å². The zero-order valence-corrected chi connectivity index (χ0v) is 20.6. The molecule has 3 aromatic rings. The van der Waals surface area contributed by atoms with E-state index in [0.29, 0.717) is 16.7 Å². The first-order valence-electron chi connectivity index (χ1n) is 11.8. The number of amides is 2. The molecule has 0 heterocycles. The molecule has 0 spiro atoms. The van der Waals surface area contributed by atoms with Gasteiger partial charge in [-0.2, -0.15) is 0 Å². The molecular formula is C28H29N3O6. The van der Waals surface area contributed by atoms with Gasteiger partial charge in [0.05, 0.1) is 23.4 Å². The SMILES string of the molecule is CCOC(=O)C[C@@H](c1ccc([N+](=O)[O-])cc1)[C@@H](NC(=O)C(C)(c1ccccc1)c1ccccc1)C(N)=O. The third kappa shape index (κ3) is 6.19. The molecule has 0 saturated carbocycles. The summed E-state index contributed by atoms with van der Waals surface area (Å²) in [4.78, 5) is 49.7. The lowest BCUT2D eigenvalue weighted by Crippen LogP contribution is -2.54. The minimum Gasteiger partial charge on any atom is -0.466 e. The van der Waals surface area contributed by atoms with Crippen molar-refractivity contribution in [3.05, 3.63) is 112 Å². The van der Waals surface area contributed by atoms with E-state index in [9.17, 15) is 24.5 Å². The molecule has 2 amide bonds. The second kappa shape index (κ2) is 11.9. The minimum absolute atomic E-state index is 0.125. The van der Waals surface area contributed by atoms with Crippen molar-refractivity contribution in [2.24, 2.45) is 5.73 Å². The molecule has 37 heavy (non-hydrogen) atoms. The summed E-state index contributed by atoms with van der Waals surface area (Å²) < 4.78 is 5.08. The van der Waals surface area contributed by atoms with Crippen LogP contribution in [0.15, 0.2) is 84.9 Å². The van der Waals surface area contributed by atoms with E-state index in [4.69, 9.17) is 10.5 Å². The highest BCUT2D eigenvalue weighted by Crippen LogP contribution is 2.34. The number of carbonyl (C=O) groups is 3. The maximum Gasteiger partial charge on any atom is 0.306 e. The lowest BCUT2D eigenvalue weighted by Gasteiger charge is -2.33. The van der Waals surface area contributed by atoms with Crippen molar-refractivity contribution in [2.75, 3.05) is 6.61 Å². The molecule has 0 aliphatic heterocycles. The molecule has 0 bridgehead atoms. The van der Waals surface area contributed by atoms with Gasteiger partial charge in [0, 0.05) is 18.1 Å². The largest absolute Gasteiger partial charge is 0.466 e. The summed E-state index contributed by atoms with van der Waals surface area (Å²) in [7, 11) is 0. The van der Waals surface area contributed by atoms with Gasteiger partial charge >= 0.3 is 5.97 Å². The number of hydrogen-bond acceptors (Lipinski definition) is 6. The summed E-state index contributed by atoms with van der Waals surface area (Å²) in [6.45, 7) is 3.52. The van der Waals surface area contributed by atoms with Crippen molar-refractivity contribution in [3.63, 3.8) is 0 Å². The fourth-order valence-corrected chi connectivity index (χ4v) is 4.30. The lowest BCUT2D eigenvalue weighted by molar-refractivity contribution is -0.384. The number of primary amides is 1. The van der Waals surface area contributed by atoms with Gasteiger partial charge in [-0.3, -0.25) is 24.5 Å². The smallest absolute Gasteiger partial charge is 0.306 e. The van der Waals surface area contributed by atoms with Gasteiger partial charge in [0.1, 0.15) is 6.04 Å². The highest BCUT2D eigenvalue weighted by molar-refractivity contribution is 5.95. The van der Waals surface area contributed by atoms with Crippen LogP contribution in [-0.2, 0) is 24.5 Å². The number of non-ortho nitro benzene ring substituents is 1. The van der Waals surface area contributed by atoms with E-state index in [0.717, 1.165) is 0 Å². The van der Waals surface area contributed by atoms with Crippen LogP contribution in [-0.4, -0.2) is 35.4 Å². The molecular weight excluding hydrogens is 474 g/mol. The zero-order valence-electron chi connectivity index (χ0n) is 20.6. The van der Waals surface area contributed by atoms with Gasteiger partial charge in [0.25, 0.3) is 5.69 Å². The Morgan fingerprint density at radius 1 is 0.946 bits per heavy atom. The standard InChI is InChI=1S/C28H29N3O6/c1-3-37-24(32)18-23(19-14-16-22(17-15-19)31(35)36)25(26(29)33)30-27(34)28(2,20-10-6-4-7-11-20)21-12-8-5-9-13-21/h4-17,23,25H,3,18H2,1-2H3,(H2,29,33)(H,30,34)/t23-,25+/m0/s1. The first kappa shape index (κ1) is 27.1. The average Bonchev–Trinajstić information content (AvgIpc) is 2.91. The number of esters is 1. The summed E-state index contributed by atoms with van der Waals surface area (Å²) in [5, 5.41) is 13.9. The molecule has 0 aliphatic carbocycles. The first-order valence-corrected chi connectivity index (χ1v) is 11.8. The topological polar surface area (TPSA) is 142 Å². The predicted molar refractivity (Wildman–Crippen MR) is 138 cm³/mol. The van der Waals surface area contributed by atoms with Crippen molar-refractivity contribution in [2.45, 2.75) is 37.6 Å². The molecule has 0 aliphatic rings. The Morgan fingerprint density at radius 2 is 1.46 bits per heavy atom. The minimum atomic E-state index is -1.30. The van der Waals surface area contributed by atoms with E-state index in [2.05, 4.69) is 5.32 Å². The quantitative estimate of drug-likeness (QED) is 0.233. The second-order valence-corrected chi connectivity index (χ2v) is 8.67. The Balaban J connectivity index is 2.05. The zero-order chi connectivity index (χ0) is 27.0. The molecule has 0 radical (unpaired) electrons. The number of nitrogens with zero attached hydrogens (tertiary/aromatic N) is 1. The van der Waals surface area contributed by atoms with Gasteiger partial charge in [-0.25, -0.2) is 0 Å². The van der Waals surface area contributed by atoms with Crippen LogP contribution in [0.25, 0.3) is 0 Å². The second-order valence-electron chi connectivity index (χ2n) is 8.67. The molecule has 192 valence electrons. The van der Waals surface area contributed by atoms with Crippen LogP contribution in [0.4, 0.5) is 5.69 Å². The van der Waals surface area contributed by atoms with E-state index < -0.39 is 40.1 Å². The number of nitrogens with two attached hydrogens (primary N) is 1. The average molecular weight is 504 g/mol. The molecule has 3 N–H and O–H groups in total. The van der Waals surface area contributed by atoms with Gasteiger partial charge in [-0.1, -0.05) is 72.8 Å². The van der Waals surface area contributed by atoms with Gasteiger partial charge < -0.3 is 15.8 Å². The van der Waals surface area contributed by atoms with E-state index in [-0.39, 0.29) is 18.7 Å². The van der Waals surface area contributed by atoms with Crippen LogP contribution < -0.4 is 11.1 Å². The number of nitrogens with one attached hydrogen (secondary N) is 1. The van der Waals surface area contributed by atoms with E-state index >= 15 is 0 Å². The summed E-state index contributed by atoms with van der Waals surface area (Å²) in [5.41, 5.74) is 6.22. The molecule has 2 atom stereocenters. The number of nitro benzene ring substituents is 1. The molecule has 0 aromatic heterocycles. The number of ether oxygens (including phenoxy) is 1. The summed E-state index contributed by atoms with van der Waals surface area (Å²) in [5.74, 6) is -2.87. The van der Waals surface area contributed by atoms with E-state index in [1.54, 1.807) is 13.8 Å². The summed E-state index contributed by atoms with van der Waals surface area (Å²) in [6, 6.07) is 22.3. The Hall–Kier alpha value is -4.53. The number of hydrogen-bond donors (Lipinski definition) is 2. The third-order valence-electron chi connectivity index (χ3n) is 6.38. The van der Waals surface area contributed by atoms with Crippen LogP contribution in [0.5, 0.6) is 0 Å². The van der Waals surface area contributed by atoms with Crippen molar-refractivity contribution >= 4 is 23.5 Å². The van der Waals surface area contributed by atoms with Crippen LogP contribution in [0.1, 0.15) is 42.9 Å². The van der Waals surface area contributed by atoms with Crippen LogP contribution in [0, 0.1) is 10.1 Å². The fraction of sp³-hybridized carbons (Fsp3) is 0.250. The predicted octanol–water partition coefficient (Wildman–Crippen LogP) is 3.61. The molecule has 0 unspecified atom stereocenters. The summed E-state index contributed by atoms with van der Waals surface area (Å²) in [6.07, 6.45) is -0.271. The van der Waals surface area contributed by atoms with Crippen molar-refractivity contribution in [3.8, 4) is 0 Å².